The van der Waals surface area contributed by atoms with Gasteiger partial charge in [-0.2, -0.15) is 5.26 Å². The van der Waals surface area contributed by atoms with Crippen LogP contribution in [-0.4, -0.2) is 27.3 Å². The zero-order chi connectivity index (χ0) is 21.1. The Morgan fingerprint density at radius 3 is 2.14 bits per heavy atom. The van der Waals surface area contributed by atoms with Crippen molar-refractivity contribution in [3.63, 3.8) is 0 Å². The largest absolute Gasteiger partial charge is 0.497 e. The summed E-state index contributed by atoms with van der Waals surface area (Å²) in [6.07, 6.45) is 3.94. The average molecular weight is 395 g/mol. The molecule has 0 aromatic heterocycles. The monoisotopic (exact) mass is 394 g/mol. The molecular weight excluding hydrogens is 360 g/mol. The summed E-state index contributed by atoms with van der Waals surface area (Å²) in [5, 5.41) is 13.7. The maximum atomic E-state index is 10.1. The lowest BCUT2D eigenvalue weighted by atomic mass is 9.69. The van der Waals surface area contributed by atoms with Crippen molar-refractivity contribution in [1.82, 2.24) is 5.32 Å². The van der Waals surface area contributed by atoms with Crippen LogP contribution in [0.1, 0.15) is 44.2 Å². The molecule has 0 radical (unpaired) electrons. The van der Waals surface area contributed by atoms with Gasteiger partial charge in [0.05, 0.1) is 25.7 Å². The third-order valence-corrected chi connectivity index (χ3v) is 5.64. The van der Waals surface area contributed by atoms with Gasteiger partial charge in [-0.1, -0.05) is 44.2 Å². The molecule has 4 heteroatoms. The van der Waals surface area contributed by atoms with Gasteiger partial charge in [0.25, 0.3) is 0 Å². The third kappa shape index (κ3) is 6.24. The first-order valence-corrected chi connectivity index (χ1v) is 10.4. The number of aryl methyl sites for hydroxylation is 1. The van der Waals surface area contributed by atoms with Gasteiger partial charge in [-0.15, -0.1) is 0 Å². The molecule has 1 atom stereocenters. The molecule has 4 nitrogen and oxygen atoms in total. The number of rotatable bonds is 12. The van der Waals surface area contributed by atoms with Crippen LogP contribution in [0.15, 0.2) is 48.5 Å². The number of hydrogen-bond acceptors (Lipinski definition) is 4. The fraction of sp³-hybridized carbons (Fsp3) is 0.480. The Hall–Kier alpha value is -2.51. The first-order valence-electron chi connectivity index (χ1n) is 10.4. The van der Waals surface area contributed by atoms with E-state index in [-0.39, 0.29) is 5.92 Å². The molecule has 0 spiro atoms. The number of hydrogen-bond donors (Lipinski definition) is 1. The third-order valence-electron chi connectivity index (χ3n) is 5.64. The van der Waals surface area contributed by atoms with E-state index in [4.69, 9.17) is 9.47 Å². The molecule has 0 bridgehead atoms. The van der Waals surface area contributed by atoms with E-state index in [9.17, 15) is 5.26 Å². The normalized spacial score (nSPS) is 13.0. The second-order valence-corrected chi connectivity index (χ2v) is 7.78. The van der Waals surface area contributed by atoms with Crippen LogP contribution >= 0.6 is 0 Å². The van der Waals surface area contributed by atoms with Gasteiger partial charge < -0.3 is 14.8 Å². The summed E-state index contributed by atoms with van der Waals surface area (Å²) in [5.41, 5.74) is 1.79. The van der Waals surface area contributed by atoms with Crippen LogP contribution < -0.4 is 14.8 Å². The Morgan fingerprint density at radius 2 is 1.59 bits per heavy atom. The van der Waals surface area contributed by atoms with Crippen molar-refractivity contribution in [2.75, 3.05) is 27.3 Å². The highest BCUT2D eigenvalue weighted by Gasteiger charge is 2.36. The maximum absolute atomic E-state index is 10.1. The van der Waals surface area contributed by atoms with E-state index in [1.807, 2.05) is 18.2 Å². The second kappa shape index (κ2) is 11.5. The fourth-order valence-electron chi connectivity index (χ4n) is 3.76. The lowest BCUT2D eigenvalue weighted by Crippen LogP contribution is -2.32. The van der Waals surface area contributed by atoms with E-state index < -0.39 is 5.41 Å². The van der Waals surface area contributed by atoms with Crippen LogP contribution in [0.2, 0.25) is 0 Å². The Bertz CT molecular complexity index is 761. The van der Waals surface area contributed by atoms with Gasteiger partial charge in [0.2, 0.25) is 0 Å². The summed E-state index contributed by atoms with van der Waals surface area (Å²) in [6.45, 7) is 6.13. The van der Waals surface area contributed by atoms with Gasteiger partial charge in [-0.05, 0) is 68.0 Å². The molecule has 0 aliphatic carbocycles. The molecule has 2 aromatic rings. The number of ether oxygens (including phenoxy) is 2. The van der Waals surface area contributed by atoms with E-state index in [1.165, 1.54) is 5.56 Å². The Kier molecular flexibility index (Phi) is 9.02. The van der Waals surface area contributed by atoms with Crippen molar-refractivity contribution in [3.05, 3.63) is 59.7 Å². The minimum atomic E-state index is -0.562. The van der Waals surface area contributed by atoms with E-state index in [0.29, 0.717) is 0 Å². The fourth-order valence-corrected chi connectivity index (χ4v) is 3.76. The first kappa shape index (κ1) is 22.8. The van der Waals surface area contributed by atoms with Gasteiger partial charge in [-0.3, -0.25) is 0 Å². The van der Waals surface area contributed by atoms with Crippen LogP contribution in [0, 0.1) is 17.2 Å². The van der Waals surface area contributed by atoms with Crippen molar-refractivity contribution >= 4 is 0 Å². The molecule has 0 heterocycles. The molecule has 0 fully saturated rings. The van der Waals surface area contributed by atoms with Gasteiger partial charge in [0, 0.05) is 6.07 Å². The first-order chi connectivity index (χ1) is 14.1. The Morgan fingerprint density at radius 1 is 0.966 bits per heavy atom. The van der Waals surface area contributed by atoms with E-state index in [1.54, 1.807) is 14.2 Å². The number of benzene rings is 2. The lowest BCUT2D eigenvalue weighted by Gasteiger charge is -2.32. The Balaban J connectivity index is 1.93. The van der Waals surface area contributed by atoms with E-state index >= 15 is 0 Å². The van der Waals surface area contributed by atoms with Gasteiger partial charge in [-0.25, -0.2) is 0 Å². The van der Waals surface area contributed by atoms with Crippen molar-refractivity contribution in [1.29, 1.82) is 5.26 Å². The topological polar surface area (TPSA) is 54.3 Å². The molecule has 0 saturated carbocycles. The summed E-state index contributed by atoms with van der Waals surface area (Å²) in [7, 11) is 3.28. The zero-order valence-corrected chi connectivity index (χ0v) is 18.2. The van der Waals surface area contributed by atoms with Gasteiger partial charge in [0.1, 0.15) is 11.5 Å². The molecule has 29 heavy (non-hydrogen) atoms. The predicted octanol–water partition coefficient (Wildman–Crippen LogP) is 5.12. The molecule has 2 rings (SSSR count). The molecule has 0 saturated heterocycles. The van der Waals surface area contributed by atoms with Crippen molar-refractivity contribution in [2.24, 2.45) is 5.92 Å². The standard InChI is InChI=1S/C25H34N2O2/c1-20(2)25(19-26,22-16-23(28-3)18-24(17-22)29-4)13-9-15-27-14-8-12-21-10-6-5-7-11-21/h5-7,10-11,16-18,20,27H,8-9,12-15H2,1-4H3/t25-/m0/s1. The van der Waals surface area contributed by atoms with Crippen LogP contribution in [0.3, 0.4) is 0 Å². The molecule has 0 aliphatic heterocycles. The second-order valence-electron chi connectivity index (χ2n) is 7.78. The predicted molar refractivity (Wildman–Crippen MR) is 119 cm³/mol. The van der Waals surface area contributed by atoms with Crippen LogP contribution in [0.25, 0.3) is 0 Å². The maximum Gasteiger partial charge on any atom is 0.122 e. The van der Waals surface area contributed by atoms with E-state index in [2.05, 4.69) is 55.6 Å². The quantitative estimate of drug-likeness (QED) is 0.508. The number of nitrogens with zero attached hydrogens (tertiary/aromatic N) is 1. The van der Waals surface area contributed by atoms with Gasteiger partial charge >= 0.3 is 0 Å². The summed E-state index contributed by atoms with van der Waals surface area (Å²) < 4.78 is 10.8. The highest BCUT2D eigenvalue weighted by atomic mass is 16.5. The number of nitriles is 1. The highest BCUT2D eigenvalue weighted by Crippen LogP contribution is 2.39. The molecule has 0 unspecified atom stereocenters. The lowest BCUT2D eigenvalue weighted by molar-refractivity contribution is 0.348. The molecule has 2 aromatic carbocycles. The Labute approximate surface area is 175 Å². The molecule has 156 valence electrons. The van der Waals surface area contributed by atoms with Crippen LogP contribution in [0.5, 0.6) is 11.5 Å². The number of nitrogens with one attached hydrogen (secondary N) is 1. The summed E-state index contributed by atoms with van der Waals surface area (Å²) in [4.78, 5) is 0. The molecular formula is C25H34N2O2. The summed E-state index contributed by atoms with van der Waals surface area (Å²) in [6, 6.07) is 19.0. The molecule has 1 N–H and O–H groups in total. The van der Waals surface area contributed by atoms with Crippen molar-refractivity contribution in [2.45, 2.75) is 44.9 Å². The van der Waals surface area contributed by atoms with Crippen molar-refractivity contribution in [3.8, 4) is 17.6 Å². The summed E-state index contributed by atoms with van der Waals surface area (Å²) >= 11 is 0. The minimum absolute atomic E-state index is 0.183. The summed E-state index contributed by atoms with van der Waals surface area (Å²) in [5.74, 6) is 1.62. The zero-order valence-electron chi connectivity index (χ0n) is 18.2. The highest BCUT2D eigenvalue weighted by molar-refractivity contribution is 5.45. The molecule has 0 amide bonds. The van der Waals surface area contributed by atoms with Crippen LogP contribution in [-0.2, 0) is 11.8 Å². The molecule has 0 aliphatic rings. The average Bonchev–Trinajstić information content (AvgIpc) is 2.76. The van der Waals surface area contributed by atoms with Crippen LogP contribution in [0.4, 0.5) is 0 Å². The minimum Gasteiger partial charge on any atom is -0.497 e. The smallest absolute Gasteiger partial charge is 0.122 e. The van der Waals surface area contributed by atoms with Crippen molar-refractivity contribution < 1.29 is 9.47 Å². The van der Waals surface area contributed by atoms with Gasteiger partial charge in [0.15, 0.2) is 0 Å². The SMILES string of the molecule is COc1cc(OC)cc([C@](C#N)(CCCNCCCc2ccccc2)C(C)C)c1. The number of methoxy groups -OCH3 is 2. The van der Waals surface area contributed by atoms with E-state index in [0.717, 1.165) is 55.8 Å².